The first kappa shape index (κ1) is 32.4. The number of hydrogen-bond donors (Lipinski definition) is 2. The molecule has 1 fully saturated rings. The van der Waals surface area contributed by atoms with Gasteiger partial charge in [-0.05, 0) is 52.9 Å². The maximum Gasteiger partial charge on any atom is 0.326 e. The van der Waals surface area contributed by atoms with Gasteiger partial charge in [0.05, 0.1) is 15.9 Å². The number of rotatable bonds is 9. The van der Waals surface area contributed by atoms with Crippen molar-refractivity contribution in [1.29, 1.82) is 0 Å². The van der Waals surface area contributed by atoms with Crippen LogP contribution in [0.2, 0.25) is 10.1 Å². The SMILES string of the molecule is Cc1cc2c(=O)[nH]c(=O)[nH]c2c(SCC2(CO[Si](c3ccccc3)(c3ccccc3)C(C)(C)C)CC2)c1-c1cc(Cl)c(F)cc1F. The lowest BCUT2D eigenvalue weighted by atomic mass is 9.97. The van der Waals surface area contributed by atoms with Crippen molar-refractivity contribution in [3.63, 3.8) is 0 Å². The van der Waals surface area contributed by atoms with Crippen LogP contribution in [0.15, 0.2) is 93.3 Å². The van der Waals surface area contributed by atoms with Crippen molar-refractivity contribution >= 4 is 53.0 Å². The van der Waals surface area contributed by atoms with Crippen LogP contribution in [0.1, 0.15) is 39.2 Å². The molecule has 1 aromatic heterocycles. The number of H-pyrrole nitrogens is 2. The molecule has 4 aromatic carbocycles. The fourth-order valence-electron chi connectivity index (χ4n) is 6.35. The summed E-state index contributed by atoms with van der Waals surface area (Å²) in [6.45, 7) is 9.01. The van der Waals surface area contributed by atoms with E-state index in [1.54, 1.807) is 13.0 Å². The van der Waals surface area contributed by atoms with Crippen LogP contribution >= 0.6 is 23.4 Å². The van der Waals surface area contributed by atoms with E-state index in [4.69, 9.17) is 16.0 Å². The quantitative estimate of drug-likeness (QED) is 0.0960. The molecule has 2 N–H and O–H groups in total. The molecular formula is C36H35ClF2N2O3SSi. The minimum absolute atomic E-state index is 0.0999. The van der Waals surface area contributed by atoms with E-state index in [2.05, 4.69) is 79.3 Å². The summed E-state index contributed by atoms with van der Waals surface area (Å²) in [7, 11) is -2.78. The molecule has 1 heterocycles. The molecule has 10 heteroatoms. The molecule has 0 amide bonds. The van der Waals surface area contributed by atoms with Crippen molar-refractivity contribution in [2.75, 3.05) is 12.4 Å². The molecule has 238 valence electrons. The standard InChI is InChI=1S/C36H35ClF2N2O3SSi/c1-22-17-26-31(40-34(43)41-33(26)42)32(30(22)25-18-27(37)29(39)19-28(25)38)45-21-36(15-16-36)20-44-46(35(2,3)4,23-11-7-5-8-12-23)24-13-9-6-10-14-24/h5-14,17-19H,15-16,20-21H2,1-4H3,(H2,40,41,42,43). The fraction of sp³-hybridized carbons (Fsp3) is 0.278. The second-order valence-electron chi connectivity index (χ2n) is 13.2. The second-order valence-corrected chi connectivity index (χ2v) is 18.9. The van der Waals surface area contributed by atoms with Crippen LogP contribution < -0.4 is 21.6 Å². The van der Waals surface area contributed by atoms with Crippen LogP contribution in [0.4, 0.5) is 8.78 Å². The van der Waals surface area contributed by atoms with E-state index in [9.17, 15) is 14.0 Å². The van der Waals surface area contributed by atoms with Gasteiger partial charge in [-0.15, -0.1) is 11.8 Å². The first-order chi connectivity index (χ1) is 21.8. The number of halogens is 3. The Hall–Kier alpha value is -3.50. The number of aromatic nitrogens is 2. The van der Waals surface area contributed by atoms with Crippen LogP contribution in [-0.2, 0) is 4.43 Å². The monoisotopic (exact) mass is 676 g/mol. The van der Waals surface area contributed by atoms with Crippen molar-refractivity contribution in [2.24, 2.45) is 5.41 Å². The molecule has 6 rings (SSSR count). The predicted octanol–water partition coefficient (Wildman–Crippen LogP) is 7.57. The van der Waals surface area contributed by atoms with Crippen molar-refractivity contribution < 1.29 is 13.2 Å². The molecule has 5 nitrogen and oxygen atoms in total. The molecule has 0 radical (unpaired) electrons. The Bertz CT molecular complexity index is 2000. The zero-order valence-corrected chi connectivity index (χ0v) is 28.7. The lowest BCUT2D eigenvalue weighted by molar-refractivity contribution is 0.236. The summed E-state index contributed by atoms with van der Waals surface area (Å²) in [5.41, 5.74) is 0.0907. The van der Waals surface area contributed by atoms with Gasteiger partial charge >= 0.3 is 5.69 Å². The highest BCUT2D eigenvalue weighted by molar-refractivity contribution is 7.99. The molecule has 1 aliphatic rings. The number of benzene rings is 4. The van der Waals surface area contributed by atoms with E-state index >= 15 is 4.39 Å². The van der Waals surface area contributed by atoms with Crippen LogP contribution in [0.3, 0.4) is 0 Å². The van der Waals surface area contributed by atoms with E-state index in [1.165, 1.54) is 28.2 Å². The number of thioether (sulfide) groups is 1. The van der Waals surface area contributed by atoms with E-state index in [0.717, 1.165) is 18.9 Å². The van der Waals surface area contributed by atoms with E-state index < -0.39 is 31.2 Å². The van der Waals surface area contributed by atoms with Gasteiger partial charge < -0.3 is 9.41 Å². The van der Waals surface area contributed by atoms with E-state index in [1.807, 2.05) is 12.1 Å². The second kappa shape index (κ2) is 12.3. The molecule has 0 aliphatic heterocycles. The first-order valence-corrected chi connectivity index (χ1v) is 18.5. The number of fused-ring (bicyclic) bond motifs is 1. The van der Waals surface area contributed by atoms with E-state index in [-0.39, 0.29) is 26.4 Å². The number of aryl methyl sites for hydroxylation is 1. The highest BCUT2D eigenvalue weighted by atomic mass is 35.5. The van der Waals surface area contributed by atoms with Gasteiger partial charge in [-0.25, -0.2) is 13.6 Å². The third kappa shape index (κ3) is 5.90. The number of nitrogens with one attached hydrogen (secondary N) is 2. The molecule has 5 aromatic rings. The third-order valence-electron chi connectivity index (χ3n) is 8.96. The summed E-state index contributed by atoms with van der Waals surface area (Å²) >= 11 is 7.57. The lowest BCUT2D eigenvalue weighted by Gasteiger charge is -2.44. The molecule has 0 unspecified atom stereocenters. The van der Waals surface area contributed by atoms with Gasteiger partial charge in [-0.3, -0.25) is 9.78 Å². The minimum Gasteiger partial charge on any atom is -0.407 e. The molecule has 0 atom stereocenters. The minimum atomic E-state index is -2.78. The molecule has 46 heavy (non-hydrogen) atoms. The van der Waals surface area contributed by atoms with Gasteiger partial charge in [0.25, 0.3) is 13.9 Å². The van der Waals surface area contributed by atoms with Crippen molar-refractivity contribution in [1.82, 2.24) is 9.97 Å². The highest BCUT2D eigenvalue weighted by Gasteiger charge is 2.53. The van der Waals surface area contributed by atoms with Gasteiger partial charge in [-0.1, -0.05) is 93.0 Å². The van der Waals surface area contributed by atoms with Crippen LogP contribution in [0, 0.1) is 24.0 Å². The zero-order chi connectivity index (χ0) is 32.9. The van der Waals surface area contributed by atoms with Crippen molar-refractivity contribution in [3.05, 3.63) is 122 Å². The molecule has 0 bridgehead atoms. The van der Waals surface area contributed by atoms with Crippen LogP contribution in [0.5, 0.6) is 0 Å². The average molecular weight is 677 g/mol. The Morgan fingerprint density at radius 2 is 1.52 bits per heavy atom. The summed E-state index contributed by atoms with van der Waals surface area (Å²) in [6.07, 6.45) is 1.87. The molecule has 0 saturated heterocycles. The normalized spacial score (nSPS) is 14.5. The Morgan fingerprint density at radius 1 is 0.913 bits per heavy atom. The summed E-state index contributed by atoms with van der Waals surface area (Å²) in [4.78, 5) is 30.9. The Morgan fingerprint density at radius 3 is 2.09 bits per heavy atom. The van der Waals surface area contributed by atoms with Crippen LogP contribution in [0.25, 0.3) is 22.0 Å². The van der Waals surface area contributed by atoms with E-state index in [0.29, 0.717) is 33.9 Å². The average Bonchev–Trinajstić information content (AvgIpc) is 3.79. The Balaban J connectivity index is 1.41. The molecule has 1 saturated carbocycles. The first-order valence-electron chi connectivity index (χ1n) is 15.2. The maximum atomic E-state index is 15.3. The van der Waals surface area contributed by atoms with Crippen LogP contribution in [-0.4, -0.2) is 30.6 Å². The van der Waals surface area contributed by atoms with Gasteiger partial charge in [0.15, 0.2) is 0 Å². The lowest BCUT2D eigenvalue weighted by Crippen LogP contribution is -2.67. The molecule has 1 aliphatic carbocycles. The summed E-state index contributed by atoms with van der Waals surface area (Å²) < 4.78 is 36.8. The summed E-state index contributed by atoms with van der Waals surface area (Å²) in [5, 5.41) is 2.28. The van der Waals surface area contributed by atoms with Gasteiger partial charge in [0, 0.05) is 39.9 Å². The summed E-state index contributed by atoms with van der Waals surface area (Å²) in [5.74, 6) is -1.05. The Labute approximate surface area is 276 Å². The van der Waals surface area contributed by atoms with Crippen molar-refractivity contribution in [3.8, 4) is 11.1 Å². The largest absolute Gasteiger partial charge is 0.407 e. The fourth-order valence-corrected chi connectivity index (χ4v) is 12.7. The molecule has 0 spiro atoms. The van der Waals surface area contributed by atoms with Gasteiger partial charge in [-0.2, -0.15) is 0 Å². The smallest absolute Gasteiger partial charge is 0.326 e. The number of hydrogen-bond acceptors (Lipinski definition) is 4. The highest BCUT2D eigenvalue weighted by Crippen LogP contribution is 2.52. The summed E-state index contributed by atoms with van der Waals surface area (Å²) in [6, 6.07) is 24.6. The van der Waals surface area contributed by atoms with Crippen molar-refractivity contribution in [2.45, 2.75) is 50.5 Å². The number of aromatic amines is 2. The predicted molar refractivity (Wildman–Crippen MR) is 186 cm³/mol. The molecular weight excluding hydrogens is 642 g/mol. The third-order valence-corrected chi connectivity index (χ3v) is 15.7. The van der Waals surface area contributed by atoms with Gasteiger partial charge in [0.1, 0.15) is 11.6 Å². The Kier molecular flexibility index (Phi) is 8.65. The maximum absolute atomic E-state index is 15.3. The van der Waals surface area contributed by atoms with Gasteiger partial charge in [0.2, 0.25) is 0 Å². The topological polar surface area (TPSA) is 75.0 Å². The zero-order valence-electron chi connectivity index (χ0n) is 26.1.